The highest BCUT2D eigenvalue weighted by molar-refractivity contribution is 6.33. The molecule has 238 valence electrons. The van der Waals surface area contributed by atoms with Crippen molar-refractivity contribution >= 4 is 46.7 Å². The number of nitrogens with two attached hydrogens (primary N) is 1. The highest BCUT2D eigenvalue weighted by Crippen LogP contribution is 2.29. The second-order valence-corrected chi connectivity index (χ2v) is 11.2. The van der Waals surface area contributed by atoms with Gasteiger partial charge in [-0.2, -0.15) is 0 Å². The van der Waals surface area contributed by atoms with E-state index in [-0.39, 0.29) is 65.2 Å². The minimum Gasteiger partial charge on any atom is -0.496 e. The molecule has 0 unspecified atom stereocenters. The maximum Gasteiger partial charge on any atom is 0.338 e. The summed E-state index contributed by atoms with van der Waals surface area (Å²) in [7, 11) is 3.00. The summed E-state index contributed by atoms with van der Waals surface area (Å²) in [6.45, 7) is 2.42. The first kappa shape index (κ1) is 33.0. The lowest BCUT2D eigenvalue weighted by molar-refractivity contribution is -0.125. The maximum absolute atomic E-state index is 13.0. The molecule has 0 saturated carbocycles. The number of ether oxygens (including phenoxy) is 3. The van der Waals surface area contributed by atoms with Crippen molar-refractivity contribution in [1.82, 2.24) is 20.9 Å². The molecule has 2 aromatic carbocycles. The molecular formula is C30H39ClN6O7. The number of nitrogen functional groups attached to an aromatic ring is 1. The zero-order valence-corrected chi connectivity index (χ0v) is 25.6. The van der Waals surface area contributed by atoms with Crippen LogP contribution in [0.25, 0.3) is 0 Å². The molecule has 4 rings (SSSR count). The Bertz CT molecular complexity index is 1340. The number of methoxy groups -OCH3 is 2. The van der Waals surface area contributed by atoms with Gasteiger partial charge in [0, 0.05) is 38.0 Å². The lowest BCUT2D eigenvalue weighted by atomic mass is 10.0. The Morgan fingerprint density at radius 3 is 2.43 bits per heavy atom. The second kappa shape index (κ2) is 15.7. The highest BCUT2D eigenvalue weighted by Gasteiger charge is 2.32. The van der Waals surface area contributed by atoms with Gasteiger partial charge in [-0.1, -0.05) is 11.6 Å². The third-order valence-electron chi connectivity index (χ3n) is 7.64. The van der Waals surface area contributed by atoms with Crippen molar-refractivity contribution in [2.45, 2.75) is 37.5 Å². The van der Waals surface area contributed by atoms with Crippen molar-refractivity contribution in [3.8, 4) is 5.75 Å². The van der Waals surface area contributed by atoms with Crippen molar-refractivity contribution in [2.75, 3.05) is 64.6 Å². The van der Waals surface area contributed by atoms with E-state index in [9.17, 15) is 19.2 Å². The number of likely N-dealkylation sites (tertiary alicyclic amines) is 1. The Morgan fingerprint density at radius 1 is 1.02 bits per heavy atom. The molecule has 2 fully saturated rings. The van der Waals surface area contributed by atoms with Crippen LogP contribution in [0.15, 0.2) is 36.4 Å². The number of rotatable bonds is 11. The molecule has 13 nitrogen and oxygen atoms in total. The number of hydrogen-bond acceptors (Lipinski definition) is 10. The molecule has 0 spiro atoms. The van der Waals surface area contributed by atoms with Crippen molar-refractivity contribution in [3.63, 3.8) is 0 Å². The van der Waals surface area contributed by atoms with Gasteiger partial charge in [-0.15, -0.1) is 0 Å². The quantitative estimate of drug-likeness (QED) is 0.180. The minimum atomic E-state index is -0.623. The Kier molecular flexibility index (Phi) is 11.8. The standard InChI is InChI=1S/C30H39ClN6O7/c1-42-25-14-23(32)22(31)13-21(25)29(40)36-24-9-12-37(15-26(24)43-2)16-27(38)34-19-5-3-18(4-6-19)30(41)44-17-28(39)35-20-7-10-33-11-8-20/h3-6,13-14,20,24,26,33H,7-12,15-17,32H2,1-2H3,(H,34,38)(H,35,39)(H,36,40)/t24-,26+/m1/s1. The Morgan fingerprint density at radius 2 is 1.75 bits per heavy atom. The summed E-state index contributed by atoms with van der Waals surface area (Å²) in [6.07, 6.45) is 1.87. The molecule has 0 aliphatic carbocycles. The van der Waals surface area contributed by atoms with Crippen LogP contribution in [0.3, 0.4) is 0 Å². The van der Waals surface area contributed by atoms with Gasteiger partial charge >= 0.3 is 5.97 Å². The average Bonchev–Trinajstić information content (AvgIpc) is 3.02. The summed E-state index contributed by atoms with van der Waals surface area (Å²) < 4.78 is 16.1. The molecule has 0 radical (unpaired) electrons. The van der Waals surface area contributed by atoms with E-state index < -0.39 is 5.97 Å². The van der Waals surface area contributed by atoms with E-state index in [1.807, 2.05) is 4.90 Å². The van der Waals surface area contributed by atoms with Gasteiger partial charge in [-0.05, 0) is 62.7 Å². The van der Waals surface area contributed by atoms with E-state index in [1.165, 1.54) is 31.4 Å². The predicted octanol–water partition coefficient (Wildman–Crippen LogP) is 1.41. The van der Waals surface area contributed by atoms with Gasteiger partial charge in [0.15, 0.2) is 6.61 Å². The van der Waals surface area contributed by atoms with Crippen molar-refractivity contribution in [3.05, 3.63) is 52.5 Å². The van der Waals surface area contributed by atoms with Gasteiger partial charge in [-0.3, -0.25) is 19.3 Å². The molecule has 3 amide bonds. The van der Waals surface area contributed by atoms with Crippen molar-refractivity contribution in [1.29, 1.82) is 0 Å². The van der Waals surface area contributed by atoms with Crippen LogP contribution in [-0.4, -0.2) is 100 Å². The van der Waals surface area contributed by atoms with Gasteiger partial charge in [0.25, 0.3) is 11.8 Å². The molecule has 44 heavy (non-hydrogen) atoms. The fraction of sp³-hybridized carbons (Fsp3) is 0.467. The lowest BCUT2D eigenvalue weighted by Gasteiger charge is -2.37. The van der Waals surface area contributed by atoms with Crippen LogP contribution in [-0.2, 0) is 19.1 Å². The first-order valence-corrected chi connectivity index (χ1v) is 14.8. The van der Waals surface area contributed by atoms with E-state index in [1.54, 1.807) is 19.2 Å². The van der Waals surface area contributed by atoms with E-state index in [2.05, 4.69) is 21.3 Å². The monoisotopic (exact) mass is 630 g/mol. The highest BCUT2D eigenvalue weighted by atomic mass is 35.5. The summed E-state index contributed by atoms with van der Waals surface area (Å²) in [5, 5.41) is 12.2. The fourth-order valence-corrected chi connectivity index (χ4v) is 5.40. The molecular weight excluding hydrogens is 592 g/mol. The first-order chi connectivity index (χ1) is 21.2. The second-order valence-electron chi connectivity index (χ2n) is 10.7. The first-order valence-electron chi connectivity index (χ1n) is 14.4. The smallest absolute Gasteiger partial charge is 0.338 e. The van der Waals surface area contributed by atoms with Crippen molar-refractivity contribution in [2.24, 2.45) is 0 Å². The molecule has 6 N–H and O–H groups in total. The van der Waals surface area contributed by atoms with Crippen LogP contribution < -0.4 is 31.7 Å². The molecule has 2 aliphatic heterocycles. The molecule has 0 bridgehead atoms. The zero-order valence-electron chi connectivity index (χ0n) is 24.8. The van der Waals surface area contributed by atoms with E-state index in [0.717, 1.165) is 25.9 Å². The number of carbonyl (C=O) groups is 4. The number of benzene rings is 2. The van der Waals surface area contributed by atoms with Crippen LogP contribution >= 0.6 is 11.6 Å². The molecule has 2 heterocycles. The number of esters is 1. The molecule has 2 aliphatic rings. The van der Waals surface area contributed by atoms with E-state index in [0.29, 0.717) is 36.6 Å². The topological polar surface area (TPSA) is 173 Å². The van der Waals surface area contributed by atoms with Gasteiger partial charge < -0.3 is 41.2 Å². The van der Waals surface area contributed by atoms with Gasteiger partial charge in [-0.25, -0.2) is 4.79 Å². The van der Waals surface area contributed by atoms with E-state index >= 15 is 0 Å². The molecule has 2 aromatic rings. The van der Waals surface area contributed by atoms with Crippen LogP contribution in [0.5, 0.6) is 5.75 Å². The van der Waals surface area contributed by atoms with Crippen LogP contribution in [0.2, 0.25) is 5.02 Å². The molecule has 14 heteroatoms. The number of nitrogens with zero attached hydrogens (tertiary/aromatic N) is 1. The maximum atomic E-state index is 13.0. The number of carbonyl (C=O) groups excluding carboxylic acids is 4. The summed E-state index contributed by atoms with van der Waals surface area (Å²) in [6, 6.07) is 9.02. The fourth-order valence-electron chi connectivity index (χ4n) is 5.23. The number of anilines is 2. The molecule has 0 aromatic heterocycles. The van der Waals surface area contributed by atoms with Gasteiger partial charge in [0.05, 0.1) is 47.6 Å². The van der Waals surface area contributed by atoms with Gasteiger partial charge in [0.2, 0.25) is 5.91 Å². The largest absolute Gasteiger partial charge is 0.496 e. The number of halogens is 1. The van der Waals surface area contributed by atoms with Crippen LogP contribution in [0.1, 0.15) is 40.0 Å². The number of nitrogens with one attached hydrogen (secondary N) is 4. The molecule has 2 saturated heterocycles. The number of amides is 3. The minimum absolute atomic E-state index is 0.0861. The summed E-state index contributed by atoms with van der Waals surface area (Å²) in [4.78, 5) is 52.2. The normalized spacial score (nSPS) is 19.1. The molecule has 2 atom stereocenters. The van der Waals surface area contributed by atoms with Crippen molar-refractivity contribution < 1.29 is 33.4 Å². The predicted molar refractivity (Wildman–Crippen MR) is 165 cm³/mol. The SMILES string of the molecule is COc1cc(N)c(Cl)cc1C(=O)N[C@@H]1CCN(CC(=O)Nc2ccc(C(=O)OCC(=O)NC3CCNCC3)cc2)C[C@@H]1OC. The summed E-state index contributed by atoms with van der Waals surface area (Å²) in [5.74, 6) is -1.25. The van der Waals surface area contributed by atoms with Crippen LogP contribution in [0, 0.1) is 0 Å². The van der Waals surface area contributed by atoms with E-state index in [4.69, 9.17) is 31.5 Å². The Hall–Kier alpha value is -3.91. The third kappa shape index (κ3) is 9.05. The third-order valence-corrected chi connectivity index (χ3v) is 7.96. The Labute approximate surface area is 261 Å². The Balaban J connectivity index is 1.22. The van der Waals surface area contributed by atoms with Gasteiger partial charge in [0.1, 0.15) is 5.75 Å². The van der Waals surface area contributed by atoms with Crippen LogP contribution in [0.4, 0.5) is 11.4 Å². The summed E-state index contributed by atoms with van der Waals surface area (Å²) in [5.41, 5.74) is 7.18. The summed E-state index contributed by atoms with van der Waals surface area (Å²) >= 11 is 6.12. The number of hydrogen-bond donors (Lipinski definition) is 5. The number of piperidine rings is 2. The lowest BCUT2D eigenvalue weighted by Crippen LogP contribution is -2.55. The average molecular weight is 631 g/mol. The zero-order chi connectivity index (χ0) is 31.6.